The molecule has 0 aromatic carbocycles. The molecule has 7 heteroatoms. The zero-order valence-corrected chi connectivity index (χ0v) is 10.6. The third-order valence-electron chi connectivity index (χ3n) is 2.04. The van der Waals surface area contributed by atoms with Gasteiger partial charge in [0.25, 0.3) is 6.43 Å². The molecule has 0 aliphatic carbocycles. The number of carbonyl (C=O) groups excluding carboxylic acids is 1. The average Bonchev–Trinajstić information content (AvgIpc) is 2.28. The van der Waals surface area contributed by atoms with Crippen LogP contribution in [-0.2, 0) is 11.3 Å². The van der Waals surface area contributed by atoms with E-state index < -0.39 is 18.0 Å². The van der Waals surface area contributed by atoms with E-state index in [0.717, 1.165) is 6.20 Å². The van der Waals surface area contributed by atoms with Gasteiger partial charge in [0, 0.05) is 18.3 Å². The maximum absolute atomic E-state index is 12.9. The Kier molecular flexibility index (Phi) is 4.95. The number of hydrogen-bond acceptors (Lipinski definition) is 4. The highest BCUT2D eigenvalue weighted by molar-refractivity contribution is 9.10. The van der Waals surface area contributed by atoms with Crippen molar-refractivity contribution in [3.63, 3.8) is 0 Å². The van der Waals surface area contributed by atoms with E-state index in [1.807, 2.05) is 0 Å². The van der Waals surface area contributed by atoms with Crippen LogP contribution in [-0.4, -0.2) is 17.6 Å². The summed E-state index contributed by atoms with van der Waals surface area (Å²) in [5.74, 6) is -0.820. The van der Waals surface area contributed by atoms with Gasteiger partial charge in [0.1, 0.15) is 0 Å². The second-order valence-electron chi connectivity index (χ2n) is 3.07. The van der Waals surface area contributed by atoms with Crippen LogP contribution in [0.2, 0.25) is 0 Å². The summed E-state index contributed by atoms with van der Waals surface area (Å²) in [6, 6.07) is 0. The molecule has 0 bridgehead atoms. The molecule has 0 atom stereocenters. The number of hydrogen-bond donors (Lipinski definition) is 1. The van der Waals surface area contributed by atoms with Gasteiger partial charge in [0.05, 0.1) is 22.3 Å². The highest BCUT2D eigenvalue weighted by atomic mass is 79.9. The van der Waals surface area contributed by atoms with Crippen molar-refractivity contribution in [3.05, 3.63) is 27.5 Å². The summed E-state index contributed by atoms with van der Waals surface area (Å²) in [7, 11) is 0. The van der Waals surface area contributed by atoms with Crippen molar-refractivity contribution in [2.45, 2.75) is 19.9 Å². The first-order valence-electron chi connectivity index (χ1n) is 4.85. The van der Waals surface area contributed by atoms with E-state index in [1.165, 1.54) is 0 Å². The monoisotopic (exact) mass is 308 g/mol. The summed E-state index contributed by atoms with van der Waals surface area (Å²) >= 11 is 2.98. The van der Waals surface area contributed by atoms with Gasteiger partial charge in [-0.3, -0.25) is 4.98 Å². The summed E-state index contributed by atoms with van der Waals surface area (Å²) < 4.78 is 30.5. The Bertz CT molecular complexity index is 427. The van der Waals surface area contributed by atoms with E-state index in [0.29, 0.717) is 0 Å². The van der Waals surface area contributed by atoms with Crippen molar-refractivity contribution in [3.8, 4) is 0 Å². The lowest BCUT2D eigenvalue weighted by Crippen LogP contribution is -2.12. The molecule has 0 saturated carbocycles. The zero-order valence-electron chi connectivity index (χ0n) is 9.04. The molecule has 0 amide bonds. The standard InChI is InChI=1S/C10H11BrF2N2O2/c1-2-17-10(16)5-4-15-6(3-14)8(11)7(5)9(12)13/h4,9H,2-3,14H2,1H3. The Hall–Kier alpha value is -1.08. The van der Waals surface area contributed by atoms with Gasteiger partial charge in [-0.25, -0.2) is 13.6 Å². The summed E-state index contributed by atoms with van der Waals surface area (Å²) in [4.78, 5) is 15.3. The Morgan fingerprint density at radius 3 is 2.76 bits per heavy atom. The SMILES string of the molecule is CCOC(=O)c1cnc(CN)c(Br)c1C(F)F. The molecule has 0 aliphatic heterocycles. The van der Waals surface area contributed by atoms with Gasteiger partial charge in [-0.15, -0.1) is 0 Å². The normalized spacial score (nSPS) is 10.7. The molecule has 0 unspecified atom stereocenters. The number of pyridine rings is 1. The molecule has 4 nitrogen and oxygen atoms in total. The third kappa shape index (κ3) is 2.98. The van der Waals surface area contributed by atoms with Crippen LogP contribution in [0.4, 0.5) is 8.78 Å². The number of nitrogens with two attached hydrogens (primary N) is 1. The number of rotatable bonds is 4. The Morgan fingerprint density at radius 2 is 2.29 bits per heavy atom. The zero-order chi connectivity index (χ0) is 13.0. The number of carbonyl (C=O) groups is 1. The fourth-order valence-corrected chi connectivity index (χ4v) is 1.92. The van der Waals surface area contributed by atoms with Crippen LogP contribution in [0.1, 0.15) is 35.0 Å². The van der Waals surface area contributed by atoms with Crippen molar-refractivity contribution in [2.24, 2.45) is 5.73 Å². The lowest BCUT2D eigenvalue weighted by Gasteiger charge is -2.12. The second-order valence-corrected chi connectivity index (χ2v) is 3.86. The minimum absolute atomic E-state index is 0.00338. The first-order valence-corrected chi connectivity index (χ1v) is 5.64. The lowest BCUT2D eigenvalue weighted by atomic mass is 10.1. The minimum Gasteiger partial charge on any atom is -0.462 e. The molecule has 1 heterocycles. The van der Waals surface area contributed by atoms with Crippen LogP contribution < -0.4 is 5.73 Å². The number of nitrogens with zero attached hydrogens (tertiary/aromatic N) is 1. The molecule has 0 fully saturated rings. The topological polar surface area (TPSA) is 65.2 Å². The molecule has 1 aromatic rings. The summed E-state index contributed by atoms with van der Waals surface area (Å²) in [5, 5.41) is 0. The van der Waals surface area contributed by atoms with Gasteiger partial charge in [-0.2, -0.15) is 0 Å². The lowest BCUT2D eigenvalue weighted by molar-refractivity contribution is 0.0514. The van der Waals surface area contributed by atoms with Crippen molar-refractivity contribution < 1.29 is 18.3 Å². The van der Waals surface area contributed by atoms with Gasteiger partial charge < -0.3 is 10.5 Å². The van der Waals surface area contributed by atoms with Crippen LogP contribution in [0.25, 0.3) is 0 Å². The fourth-order valence-electron chi connectivity index (χ4n) is 1.27. The maximum Gasteiger partial charge on any atom is 0.340 e. The van der Waals surface area contributed by atoms with E-state index in [1.54, 1.807) is 6.92 Å². The summed E-state index contributed by atoms with van der Waals surface area (Å²) in [5.41, 5.74) is 4.95. The average molecular weight is 309 g/mol. The van der Waals surface area contributed by atoms with Crippen LogP contribution >= 0.6 is 15.9 Å². The first kappa shape index (κ1) is 14.0. The molecule has 0 radical (unpaired) electrons. The van der Waals surface area contributed by atoms with E-state index in [2.05, 4.69) is 25.7 Å². The molecule has 1 aromatic heterocycles. The Labute approximate surface area is 105 Å². The third-order valence-corrected chi connectivity index (χ3v) is 2.92. The van der Waals surface area contributed by atoms with Crippen LogP contribution in [0.5, 0.6) is 0 Å². The minimum atomic E-state index is -2.81. The van der Waals surface area contributed by atoms with Crippen LogP contribution in [0, 0.1) is 0 Å². The van der Waals surface area contributed by atoms with E-state index >= 15 is 0 Å². The van der Waals surface area contributed by atoms with Gasteiger partial charge in [0.2, 0.25) is 0 Å². The number of halogens is 3. The second kappa shape index (κ2) is 6.02. The summed E-state index contributed by atoms with van der Waals surface area (Å²) in [6.07, 6.45) is -1.75. The number of ether oxygens (including phenoxy) is 1. The van der Waals surface area contributed by atoms with Gasteiger partial charge >= 0.3 is 5.97 Å². The van der Waals surface area contributed by atoms with Gasteiger partial charge in [-0.1, -0.05) is 0 Å². The van der Waals surface area contributed by atoms with Crippen molar-refractivity contribution in [1.29, 1.82) is 0 Å². The summed E-state index contributed by atoms with van der Waals surface area (Å²) in [6.45, 7) is 1.71. The molecular formula is C10H11BrF2N2O2. The molecule has 0 saturated heterocycles. The van der Waals surface area contributed by atoms with Crippen molar-refractivity contribution in [2.75, 3.05) is 6.61 Å². The highest BCUT2D eigenvalue weighted by Crippen LogP contribution is 2.32. The molecule has 0 aliphatic rings. The predicted octanol–water partition coefficient (Wildman–Crippen LogP) is 2.42. The van der Waals surface area contributed by atoms with Gasteiger partial charge in [0.15, 0.2) is 0 Å². The smallest absolute Gasteiger partial charge is 0.340 e. The molecule has 94 valence electrons. The van der Waals surface area contributed by atoms with Gasteiger partial charge in [-0.05, 0) is 22.9 Å². The fraction of sp³-hybridized carbons (Fsp3) is 0.400. The molecular weight excluding hydrogens is 298 g/mol. The van der Waals surface area contributed by atoms with Crippen LogP contribution in [0.3, 0.4) is 0 Å². The van der Waals surface area contributed by atoms with E-state index in [9.17, 15) is 13.6 Å². The largest absolute Gasteiger partial charge is 0.462 e. The van der Waals surface area contributed by atoms with Crippen molar-refractivity contribution >= 4 is 21.9 Å². The Balaban J connectivity index is 3.31. The first-order chi connectivity index (χ1) is 8.02. The molecule has 1 rings (SSSR count). The molecule has 2 N–H and O–H groups in total. The predicted molar refractivity (Wildman–Crippen MR) is 60.7 cm³/mol. The van der Waals surface area contributed by atoms with E-state index in [4.69, 9.17) is 5.73 Å². The van der Waals surface area contributed by atoms with Crippen LogP contribution in [0.15, 0.2) is 10.7 Å². The highest BCUT2D eigenvalue weighted by Gasteiger charge is 2.24. The molecule has 0 spiro atoms. The maximum atomic E-state index is 12.9. The number of aromatic nitrogens is 1. The van der Waals surface area contributed by atoms with E-state index in [-0.39, 0.29) is 28.9 Å². The number of alkyl halides is 2. The van der Waals surface area contributed by atoms with Crippen molar-refractivity contribution in [1.82, 2.24) is 4.98 Å². The number of esters is 1. The Morgan fingerprint density at radius 1 is 1.65 bits per heavy atom. The molecule has 17 heavy (non-hydrogen) atoms. The quantitative estimate of drug-likeness (QED) is 0.868.